The molecule has 0 saturated carbocycles. The predicted octanol–water partition coefficient (Wildman–Crippen LogP) is 3.90. The summed E-state index contributed by atoms with van der Waals surface area (Å²) in [6.45, 7) is 6.10. The summed E-state index contributed by atoms with van der Waals surface area (Å²) in [5.41, 5.74) is 3.03. The molecule has 2 atom stereocenters. The van der Waals surface area contributed by atoms with Gasteiger partial charge in [-0.25, -0.2) is 4.79 Å². The smallest absolute Gasteiger partial charge is 0.341 e. The number of rotatable bonds is 6. The van der Waals surface area contributed by atoms with Crippen LogP contribution < -0.4 is 10.4 Å². The number of carbonyl (C=O) groups excluding carboxylic acids is 3. The van der Waals surface area contributed by atoms with Crippen molar-refractivity contribution in [1.82, 2.24) is 0 Å². The van der Waals surface area contributed by atoms with Crippen LogP contribution >= 0.6 is 11.3 Å². The molecule has 0 fully saturated rings. The van der Waals surface area contributed by atoms with Crippen LogP contribution in [0.2, 0.25) is 0 Å². The third-order valence-corrected chi connectivity index (χ3v) is 6.67. The minimum absolute atomic E-state index is 0.251. The third-order valence-electron chi connectivity index (χ3n) is 5.65. The summed E-state index contributed by atoms with van der Waals surface area (Å²) in [7, 11) is 1.30. The zero-order chi connectivity index (χ0) is 22.7. The van der Waals surface area contributed by atoms with Gasteiger partial charge in [0.05, 0.1) is 13.0 Å². The molecule has 3 rings (SSSR count). The molecule has 164 valence electrons. The van der Waals surface area contributed by atoms with E-state index in [-0.39, 0.29) is 12.0 Å². The highest BCUT2D eigenvalue weighted by molar-refractivity contribution is 7.17. The van der Waals surface area contributed by atoms with Gasteiger partial charge in [-0.3, -0.25) is 4.79 Å². The number of allylic oxidation sites excluding steroid dienone is 2. The Morgan fingerprint density at radius 2 is 1.71 bits per heavy atom. The van der Waals surface area contributed by atoms with E-state index in [1.165, 1.54) is 24.0 Å². The Morgan fingerprint density at radius 1 is 1.10 bits per heavy atom. The van der Waals surface area contributed by atoms with Gasteiger partial charge in [0.1, 0.15) is 10.6 Å². The number of aliphatic carboxylic acids is 1. The van der Waals surface area contributed by atoms with Crippen molar-refractivity contribution in [3.05, 3.63) is 52.4 Å². The lowest BCUT2D eigenvalue weighted by Gasteiger charge is -2.28. The second-order valence-corrected chi connectivity index (χ2v) is 9.19. The molecule has 1 aromatic heterocycles. The van der Waals surface area contributed by atoms with Crippen LogP contribution in [-0.4, -0.2) is 25.0 Å². The Bertz CT molecular complexity index is 1020. The number of benzene rings is 1. The first-order valence-electron chi connectivity index (χ1n) is 10.2. The number of methoxy groups -OCH3 is 1. The maximum absolute atomic E-state index is 12.9. The second kappa shape index (κ2) is 9.47. The van der Waals surface area contributed by atoms with E-state index in [9.17, 15) is 19.5 Å². The highest BCUT2D eigenvalue weighted by Crippen LogP contribution is 2.41. The first-order chi connectivity index (χ1) is 14.7. The topological polar surface area (TPSA) is 95.5 Å². The molecule has 0 saturated heterocycles. The highest BCUT2D eigenvalue weighted by Gasteiger charge is 2.32. The Kier molecular flexibility index (Phi) is 6.95. The molecule has 7 heteroatoms. The molecule has 2 unspecified atom stereocenters. The zero-order valence-corrected chi connectivity index (χ0v) is 18.9. The van der Waals surface area contributed by atoms with Crippen LogP contribution in [0.3, 0.4) is 0 Å². The van der Waals surface area contributed by atoms with Gasteiger partial charge in [-0.1, -0.05) is 50.3 Å². The molecule has 1 aromatic carbocycles. The average molecular weight is 441 g/mol. The predicted molar refractivity (Wildman–Crippen MR) is 119 cm³/mol. The molecule has 0 radical (unpaired) electrons. The van der Waals surface area contributed by atoms with Crippen LogP contribution in [0, 0.1) is 18.8 Å². The lowest BCUT2D eigenvalue weighted by molar-refractivity contribution is -0.313. The van der Waals surface area contributed by atoms with Gasteiger partial charge in [0.2, 0.25) is 5.91 Å². The summed E-state index contributed by atoms with van der Waals surface area (Å²) < 4.78 is 5.00. The van der Waals surface area contributed by atoms with Gasteiger partial charge < -0.3 is 20.0 Å². The molecule has 0 bridgehead atoms. The zero-order valence-electron chi connectivity index (χ0n) is 18.1. The fourth-order valence-corrected chi connectivity index (χ4v) is 4.95. The van der Waals surface area contributed by atoms with E-state index < -0.39 is 29.7 Å². The van der Waals surface area contributed by atoms with Gasteiger partial charge >= 0.3 is 5.97 Å². The Hall–Kier alpha value is -2.93. The summed E-state index contributed by atoms with van der Waals surface area (Å²) in [4.78, 5) is 37.9. The van der Waals surface area contributed by atoms with Crippen LogP contribution in [0.25, 0.3) is 11.1 Å². The highest BCUT2D eigenvalue weighted by atomic mass is 32.1. The lowest BCUT2D eigenvalue weighted by atomic mass is 9.82. The monoisotopic (exact) mass is 440 g/mol. The fraction of sp³-hybridized carbons (Fsp3) is 0.375. The fourth-order valence-electron chi connectivity index (χ4n) is 3.88. The van der Waals surface area contributed by atoms with Gasteiger partial charge in [0.15, 0.2) is 0 Å². The van der Waals surface area contributed by atoms with E-state index in [4.69, 9.17) is 4.74 Å². The number of amides is 1. The molecule has 6 nitrogen and oxygen atoms in total. The van der Waals surface area contributed by atoms with Gasteiger partial charge in [-0.15, -0.1) is 11.3 Å². The third kappa shape index (κ3) is 4.71. The minimum atomic E-state index is -1.24. The number of thiophene rings is 1. The first kappa shape index (κ1) is 22.7. The van der Waals surface area contributed by atoms with E-state index >= 15 is 0 Å². The Balaban J connectivity index is 1.98. The molecule has 0 spiro atoms. The Morgan fingerprint density at radius 3 is 2.26 bits per heavy atom. The van der Waals surface area contributed by atoms with Crippen LogP contribution in [0.4, 0.5) is 5.00 Å². The number of anilines is 1. The molecule has 0 aliphatic heterocycles. The van der Waals surface area contributed by atoms with Crippen molar-refractivity contribution in [2.45, 2.75) is 39.5 Å². The summed E-state index contributed by atoms with van der Waals surface area (Å²) in [6.07, 6.45) is 4.11. The van der Waals surface area contributed by atoms with Crippen molar-refractivity contribution in [3.63, 3.8) is 0 Å². The van der Waals surface area contributed by atoms with Gasteiger partial charge in [0, 0.05) is 22.3 Å². The molecule has 1 amide bonds. The van der Waals surface area contributed by atoms with Gasteiger partial charge in [-0.2, -0.15) is 0 Å². The molecular formula is C24H26NO5S-. The van der Waals surface area contributed by atoms with Crippen LogP contribution in [-0.2, 0) is 14.3 Å². The maximum Gasteiger partial charge on any atom is 0.341 e. The van der Waals surface area contributed by atoms with E-state index in [0.29, 0.717) is 22.9 Å². The number of carboxylic acid groups (broad SMARTS) is 1. The van der Waals surface area contributed by atoms with E-state index in [2.05, 4.69) is 19.2 Å². The van der Waals surface area contributed by atoms with E-state index in [1.807, 2.05) is 31.2 Å². The van der Waals surface area contributed by atoms with Crippen LogP contribution in [0.15, 0.2) is 36.4 Å². The number of carbonyl (C=O) groups is 3. The number of nitrogens with one attached hydrogen (secondary N) is 1. The van der Waals surface area contributed by atoms with Crippen molar-refractivity contribution in [3.8, 4) is 11.1 Å². The molecule has 1 heterocycles. The lowest BCUT2D eigenvalue weighted by Crippen LogP contribution is -2.41. The Labute approximate surface area is 185 Å². The molecular weight excluding hydrogens is 414 g/mol. The largest absolute Gasteiger partial charge is 0.550 e. The summed E-state index contributed by atoms with van der Waals surface area (Å²) >= 11 is 1.28. The van der Waals surface area contributed by atoms with Gasteiger partial charge in [0.25, 0.3) is 0 Å². The number of esters is 1. The molecule has 31 heavy (non-hydrogen) atoms. The van der Waals surface area contributed by atoms with Crippen molar-refractivity contribution in [1.29, 1.82) is 0 Å². The summed E-state index contributed by atoms with van der Waals surface area (Å²) in [6, 6.07) is 7.96. The minimum Gasteiger partial charge on any atom is -0.550 e. The number of hydrogen-bond donors (Lipinski definition) is 1. The normalized spacial score (nSPS) is 18.1. The second-order valence-electron chi connectivity index (χ2n) is 7.97. The molecule has 2 aromatic rings. The maximum atomic E-state index is 12.9. The molecule has 1 aliphatic carbocycles. The summed E-state index contributed by atoms with van der Waals surface area (Å²) in [5.74, 6) is -3.50. The average Bonchev–Trinajstić information content (AvgIpc) is 3.08. The van der Waals surface area contributed by atoms with Crippen molar-refractivity contribution >= 4 is 34.2 Å². The van der Waals surface area contributed by atoms with Crippen molar-refractivity contribution in [2.75, 3.05) is 12.4 Å². The number of ether oxygens (including phenoxy) is 1. The quantitative estimate of drug-likeness (QED) is 0.543. The summed E-state index contributed by atoms with van der Waals surface area (Å²) in [5, 5.41) is 14.6. The number of aryl methyl sites for hydroxylation is 1. The molecule has 1 aliphatic rings. The van der Waals surface area contributed by atoms with Crippen molar-refractivity contribution < 1.29 is 24.2 Å². The van der Waals surface area contributed by atoms with E-state index in [1.54, 1.807) is 12.2 Å². The van der Waals surface area contributed by atoms with Crippen molar-refractivity contribution in [2.24, 2.45) is 11.8 Å². The van der Waals surface area contributed by atoms with Gasteiger partial charge in [-0.05, 0) is 36.8 Å². The SMILES string of the molecule is COC(=O)c1c(NC(=O)C2CC=CCC2C(=O)[O-])sc(C)c1-c1ccc(C(C)C)cc1. The van der Waals surface area contributed by atoms with Crippen LogP contribution in [0.5, 0.6) is 0 Å². The first-order valence-corrected chi connectivity index (χ1v) is 11.0. The number of carboxylic acids is 1. The molecule has 1 N–H and O–H groups in total. The number of hydrogen-bond acceptors (Lipinski definition) is 6. The van der Waals surface area contributed by atoms with Crippen LogP contribution in [0.1, 0.15) is 53.4 Å². The van der Waals surface area contributed by atoms with E-state index in [0.717, 1.165) is 10.4 Å². The standard InChI is InChI=1S/C24H27NO5S/c1-13(2)15-9-11-16(12-10-15)19-14(3)31-22(20(19)24(29)30-4)25-21(26)17-7-5-6-8-18(17)23(27)28/h5-6,9-13,17-18H,7-8H2,1-4H3,(H,25,26)(H,27,28)/p-1.